The Morgan fingerprint density at radius 1 is 1.24 bits per heavy atom. The van der Waals surface area contributed by atoms with Gasteiger partial charge in [0.2, 0.25) is 5.88 Å². The number of hydrogen-bond acceptors (Lipinski definition) is 6. The van der Waals surface area contributed by atoms with Gasteiger partial charge in [-0.3, -0.25) is 0 Å². The van der Waals surface area contributed by atoms with Gasteiger partial charge in [0.05, 0.1) is 5.56 Å². The monoisotopic (exact) mass is 316 g/mol. The Balaban J connectivity index is 2.30. The molecule has 21 heavy (non-hydrogen) atoms. The SMILES string of the molecule is CSc1nc(NN)cc(Oc2cccc(C(F)(F)F)c2)n1. The van der Waals surface area contributed by atoms with Crippen molar-refractivity contribution in [1.82, 2.24) is 9.97 Å². The summed E-state index contributed by atoms with van der Waals surface area (Å²) < 4.78 is 43.2. The molecule has 0 radical (unpaired) electrons. The summed E-state index contributed by atoms with van der Waals surface area (Å²) in [7, 11) is 0. The lowest BCUT2D eigenvalue weighted by Crippen LogP contribution is -2.09. The summed E-state index contributed by atoms with van der Waals surface area (Å²) in [4.78, 5) is 8.06. The topological polar surface area (TPSA) is 73.1 Å². The van der Waals surface area contributed by atoms with Crippen LogP contribution < -0.4 is 16.0 Å². The van der Waals surface area contributed by atoms with E-state index in [1.54, 1.807) is 6.26 Å². The molecule has 1 heterocycles. The number of halogens is 3. The number of alkyl halides is 3. The highest BCUT2D eigenvalue weighted by Crippen LogP contribution is 2.32. The van der Waals surface area contributed by atoms with Gasteiger partial charge >= 0.3 is 6.18 Å². The third-order valence-corrected chi connectivity index (χ3v) is 2.94. The predicted molar refractivity (Wildman–Crippen MR) is 73.1 cm³/mol. The molecular formula is C12H11F3N4OS. The first-order chi connectivity index (χ1) is 9.92. The number of hydrazine groups is 1. The molecule has 0 amide bonds. The van der Waals surface area contributed by atoms with Crippen LogP contribution in [0.25, 0.3) is 0 Å². The van der Waals surface area contributed by atoms with Crippen LogP contribution in [0.1, 0.15) is 5.56 Å². The molecule has 3 N–H and O–H groups in total. The molecule has 2 rings (SSSR count). The van der Waals surface area contributed by atoms with Gasteiger partial charge in [0.1, 0.15) is 11.6 Å². The Hall–Kier alpha value is -2.00. The zero-order valence-electron chi connectivity index (χ0n) is 10.8. The largest absolute Gasteiger partial charge is 0.439 e. The molecule has 0 atom stereocenters. The van der Waals surface area contributed by atoms with Crippen LogP contribution >= 0.6 is 11.8 Å². The van der Waals surface area contributed by atoms with E-state index in [1.807, 2.05) is 0 Å². The summed E-state index contributed by atoms with van der Waals surface area (Å²) in [6, 6.07) is 5.92. The summed E-state index contributed by atoms with van der Waals surface area (Å²) in [6.07, 6.45) is -2.68. The Morgan fingerprint density at radius 2 is 2.00 bits per heavy atom. The number of nitrogens with zero attached hydrogens (tertiary/aromatic N) is 2. The van der Waals surface area contributed by atoms with Crippen LogP contribution in [0.2, 0.25) is 0 Å². The van der Waals surface area contributed by atoms with Gasteiger partial charge in [-0.2, -0.15) is 18.2 Å². The van der Waals surface area contributed by atoms with E-state index in [1.165, 1.54) is 30.0 Å². The van der Waals surface area contributed by atoms with Gasteiger partial charge in [0.15, 0.2) is 5.16 Å². The van der Waals surface area contributed by atoms with E-state index in [0.29, 0.717) is 11.0 Å². The van der Waals surface area contributed by atoms with Gasteiger partial charge in [-0.25, -0.2) is 10.8 Å². The summed E-state index contributed by atoms with van der Waals surface area (Å²) >= 11 is 1.25. The second-order valence-electron chi connectivity index (χ2n) is 3.85. The molecule has 1 aromatic heterocycles. The molecule has 0 saturated heterocycles. The fourth-order valence-electron chi connectivity index (χ4n) is 1.48. The van der Waals surface area contributed by atoms with Crippen molar-refractivity contribution in [2.75, 3.05) is 11.7 Å². The van der Waals surface area contributed by atoms with Crippen LogP contribution in [0.15, 0.2) is 35.5 Å². The molecule has 5 nitrogen and oxygen atoms in total. The number of ether oxygens (including phenoxy) is 1. The number of anilines is 1. The number of nitrogens with one attached hydrogen (secondary N) is 1. The number of benzene rings is 1. The summed E-state index contributed by atoms with van der Waals surface area (Å²) in [6.45, 7) is 0. The first kappa shape index (κ1) is 15.4. The maximum atomic E-state index is 12.6. The van der Waals surface area contributed by atoms with E-state index in [9.17, 15) is 13.2 Å². The fourth-order valence-corrected chi connectivity index (χ4v) is 1.85. The average molecular weight is 316 g/mol. The second kappa shape index (κ2) is 6.19. The predicted octanol–water partition coefficient (Wildman–Crippen LogP) is 3.30. The molecule has 0 unspecified atom stereocenters. The Kier molecular flexibility index (Phi) is 4.53. The van der Waals surface area contributed by atoms with Crippen molar-refractivity contribution < 1.29 is 17.9 Å². The van der Waals surface area contributed by atoms with Gasteiger partial charge in [0.25, 0.3) is 0 Å². The van der Waals surface area contributed by atoms with Gasteiger partial charge in [-0.05, 0) is 24.5 Å². The van der Waals surface area contributed by atoms with Crippen molar-refractivity contribution in [3.8, 4) is 11.6 Å². The standard InChI is InChI=1S/C12H11F3N4OS/c1-21-11-17-9(19-16)6-10(18-11)20-8-4-2-3-7(5-8)12(13,14)15/h2-6H,16H2,1H3,(H,17,18,19). The Labute approximate surface area is 122 Å². The normalized spacial score (nSPS) is 11.3. The van der Waals surface area contributed by atoms with Crippen molar-refractivity contribution in [3.05, 3.63) is 35.9 Å². The Morgan fingerprint density at radius 3 is 2.62 bits per heavy atom. The number of thioether (sulfide) groups is 1. The Bertz CT molecular complexity index is 614. The molecule has 0 saturated carbocycles. The minimum atomic E-state index is -4.43. The van der Waals surface area contributed by atoms with E-state index in [-0.39, 0.29) is 11.6 Å². The molecule has 112 valence electrons. The minimum absolute atomic E-state index is 0.0264. The number of hydrogen-bond donors (Lipinski definition) is 2. The number of aromatic nitrogens is 2. The summed E-state index contributed by atoms with van der Waals surface area (Å²) in [5.41, 5.74) is 1.54. The second-order valence-corrected chi connectivity index (χ2v) is 4.62. The highest BCUT2D eigenvalue weighted by Gasteiger charge is 2.30. The molecule has 0 aliphatic carbocycles. The molecular weight excluding hydrogens is 305 g/mol. The van der Waals surface area contributed by atoms with Crippen LogP contribution in [0.3, 0.4) is 0 Å². The fraction of sp³-hybridized carbons (Fsp3) is 0.167. The lowest BCUT2D eigenvalue weighted by atomic mass is 10.2. The van der Waals surface area contributed by atoms with E-state index in [4.69, 9.17) is 10.6 Å². The molecule has 0 aliphatic rings. The molecule has 1 aromatic carbocycles. The van der Waals surface area contributed by atoms with Crippen LogP contribution in [-0.2, 0) is 6.18 Å². The van der Waals surface area contributed by atoms with Gasteiger partial charge < -0.3 is 10.2 Å². The van der Waals surface area contributed by atoms with Crippen LogP contribution in [0.5, 0.6) is 11.6 Å². The van der Waals surface area contributed by atoms with Crippen molar-refractivity contribution in [2.45, 2.75) is 11.3 Å². The minimum Gasteiger partial charge on any atom is -0.439 e. The number of rotatable bonds is 4. The zero-order valence-corrected chi connectivity index (χ0v) is 11.6. The van der Waals surface area contributed by atoms with Gasteiger partial charge in [0, 0.05) is 6.07 Å². The molecule has 0 aliphatic heterocycles. The third-order valence-electron chi connectivity index (χ3n) is 2.40. The lowest BCUT2D eigenvalue weighted by Gasteiger charge is -2.10. The van der Waals surface area contributed by atoms with Crippen molar-refractivity contribution in [3.63, 3.8) is 0 Å². The van der Waals surface area contributed by atoms with Crippen LogP contribution in [0, 0.1) is 0 Å². The highest BCUT2D eigenvalue weighted by atomic mass is 32.2. The van der Waals surface area contributed by atoms with Crippen molar-refractivity contribution >= 4 is 17.6 Å². The zero-order chi connectivity index (χ0) is 15.5. The molecule has 0 fully saturated rings. The van der Waals surface area contributed by atoms with Crippen LogP contribution in [0.4, 0.5) is 19.0 Å². The maximum Gasteiger partial charge on any atom is 0.416 e. The highest BCUT2D eigenvalue weighted by molar-refractivity contribution is 7.98. The van der Waals surface area contributed by atoms with Gasteiger partial charge in [-0.1, -0.05) is 17.8 Å². The number of nitrogens with two attached hydrogens (primary N) is 1. The first-order valence-electron chi connectivity index (χ1n) is 5.67. The smallest absolute Gasteiger partial charge is 0.416 e. The lowest BCUT2D eigenvalue weighted by molar-refractivity contribution is -0.137. The average Bonchev–Trinajstić information content (AvgIpc) is 2.46. The summed E-state index contributed by atoms with van der Waals surface area (Å²) in [5.74, 6) is 5.69. The third kappa shape index (κ3) is 3.99. The summed E-state index contributed by atoms with van der Waals surface area (Å²) in [5, 5.41) is 0.382. The molecule has 9 heteroatoms. The molecule has 0 spiro atoms. The van der Waals surface area contributed by atoms with E-state index in [2.05, 4.69) is 15.4 Å². The van der Waals surface area contributed by atoms with Gasteiger partial charge in [-0.15, -0.1) is 0 Å². The molecule has 2 aromatic rings. The molecule has 0 bridgehead atoms. The van der Waals surface area contributed by atoms with Crippen molar-refractivity contribution in [1.29, 1.82) is 0 Å². The number of nitrogen functional groups attached to an aromatic ring is 1. The van der Waals surface area contributed by atoms with E-state index in [0.717, 1.165) is 12.1 Å². The maximum absolute atomic E-state index is 12.6. The van der Waals surface area contributed by atoms with E-state index < -0.39 is 11.7 Å². The first-order valence-corrected chi connectivity index (χ1v) is 6.89. The van der Waals surface area contributed by atoms with Crippen molar-refractivity contribution in [2.24, 2.45) is 5.84 Å². The van der Waals surface area contributed by atoms with Crippen LogP contribution in [-0.4, -0.2) is 16.2 Å². The van der Waals surface area contributed by atoms with E-state index >= 15 is 0 Å². The quantitative estimate of drug-likeness (QED) is 0.390.